The molecule has 35 heavy (non-hydrogen) atoms. The number of hydrogen-bond acceptors (Lipinski definition) is 6. The fourth-order valence-corrected chi connectivity index (χ4v) is 5.20. The number of allylic oxidation sites excluding steroid dienone is 1. The van der Waals surface area contributed by atoms with Gasteiger partial charge in [-0.15, -0.1) is 0 Å². The lowest BCUT2D eigenvalue weighted by atomic mass is 9.63. The molecule has 6 nitrogen and oxygen atoms in total. The summed E-state index contributed by atoms with van der Waals surface area (Å²) in [6, 6.07) is 14.9. The molecule has 2 aromatic rings. The topological polar surface area (TPSA) is 85.2 Å². The minimum absolute atomic E-state index is 0.0177. The van der Waals surface area contributed by atoms with Crippen molar-refractivity contribution in [2.75, 3.05) is 13.2 Å². The van der Waals surface area contributed by atoms with Crippen LogP contribution in [0, 0.1) is 11.3 Å². The first kappa shape index (κ1) is 24.7. The number of ether oxygens (including phenoxy) is 2. The molecular weight excluding hydrogens is 442 g/mol. The van der Waals surface area contributed by atoms with Crippen molar-refractivity contribution in [1.82, 2.24) is 0 Å². The number of hydrogen-bond donors (Lipinski definition) is 1. The summed E-state index contributed by atoms with van der Waals surface area (Å²) >= 11 is 0. The molecule has 2 aliphatic rings. The third-order valence-corrected chi connectivity index (χ3v) is 6.69. The Balaban J connectivity index is 1.71. The Morgan fingerprint density at radius 1 is 1.11 bits per heavy atom. The van der Waals surface area contributed by atoms with E-state index in [1.807, 2.05) is 37.3 Å². The van der Waals surface area contributed by atoms with E-state index < -0.39 is 17.8 Å². The third kappa shape index (κ3) is 5.31. The quantitative estimate of drug-likeness (QED) is 0.543. The van der Waals surface area contributed by atoms with Crippen molar-refractivity contribution in [3.8, 4) is 11.5 Å². The zero-order valence-corrected chi connectivity index (χ0v) is 20.8. The number of carbonyl (C=O) groups is 2. The average molecular weight is 476 g/mol. The Labute approximate surface area is 206 Å². The molecule has 0 amide bonds. The number of carbonyl (C=O) groups excluding carboxylic acids is 2. The van der Waals surface area contributed by atoms with Gasteiger partial charge in [0.2, 0.25) is 0 Å². The molecule has 1 aliphatic heterocycles. The highest BCUT2D eigenvalue weighted by Gasteiger charge is 2.47. The Bertz CT molecular complexity index is 1180. The lowest BCUT2D eigenvalue weighted by Gasteiger charge is -2.41. The largest absolute Gasteiger partial charge is 0.504 e. The molecule has 1 fully saturated rings. The standard InChI is InChI=1S/C29H33NO5/c1-5-34-24-15-20(11-12-22(24)31)26-25(28(33)35-14-13-19-9-7-6-8-10-19)18(2)30-21-16-29(3,4)17-23(32)27(21)26/h6-12,15,26-27,31H,5,13-14,16-17H2,1-4H3/t26-,27?/m1/s1. The maximum atomic E-state index is 13.4. The fourth-order valence-electron chi connectivity index (χ4n) is 5.20. The number of rotatable bonds is 7. The molecule has 1 aliphatic carbocycles. The Hall–Kier alpha value is -3.41. The van der Waals surface area contributed by atoms with Gasteiger partial charge in [0.1, 0.15) is 5.78 Å². The van der Waals surface area contributed by atoms with Crippen LogP contribution in [-0.4, -0.2) is 35.8 Å². The molecule has 0 aromatic heterocycles. The van der Waals surface area contributed by atoms with E-state index in [-0.39, 0.29) is 23.6 Å². The van der Waals surface area contributed by atoms with Crippen LogP contribution in [0.5, 0.6) is 11.5 Å². The molecule has 4 rings (SSSR count). The van der Waals surface area contributed by atoms with Gasteiger partial charge in [-0.25, -0.2) is 4.79 Å². The molecule has 184 valence electrons. The highest BCUT2D eigenvalue weighted by atomic mass is 16.5. The molecule has 2 atom stereocenters. The summed E-state index contributed by atoms with van der Waals surface area (Å²) in [5, 5.41) is 10.2. The van der Waals surface area contributed by atoms with Crippen LogP contribution in [0.4, 0.5) is 0 Å². The highest BCUT2D eigenvalue weighted by Crippen LogP contribution is 2.48. The van der Waals surface area contributed by atoms with Crippen LogP contribution in [-0.2, 0) is 20.7 Å². The third-order valence-electron chi connectivity index (χ3n) is 6.69. The zero-order valence-electron chi connectivity index (χ0n) is 20.8. The van der Waals surface area contributed by atoms with Crippen LogP contribution < -0.4 is 4.74 Å². The van der Waals surface area contributed by atoms with Crippen molar-refractivity contribution in [3.63, 3.8) is 0 Å². The molecule has 1 unspecified atom stereocenters. The summed E-state index contributed by atoms with van der Waals surface area (Å²) in [5.74, 6) is -1.14. The molecule has 0 radical (unpaired) electrons. The molecule has 2 aromatic carbocycles. The molecule has 1 N–H and O–H groups in total. The van der Waals surface area contributed by atoms with Gasteiger partial charge >= 0.3 is 5.97 Å². The van der Waals surface area contributed by atoms with Crippen molar-refractivity contribution in [3.05, 3.63) is 70.9 Å². The lowest BCUT2D eigenvalue weighted by Crippen LogP contribution is -2.44. The maximum Gasteiger partial charge on any atom is 0.336 e. The monoisotopic (exact) mass is 475 g/mol. The van der Waals surface area contributed by atoms with Crippen molar-refractivity contribution < 1.29 is 24.2 Å². The van der Waals surface area contributed by atoms with E-state index in [9.17, 15) is 14.7 Å². The van der Waals surface area contributed by atoms with E-state index in [0.29, 0.717) is 42.9 Å². The first-order valence-corrected chi connectivity index (χ1v) is 12.2. The SMILES string of the molecule is CCOc1cc([C@@H]2C(C(=O)OCCc3ccccc3)=C(C)N=C3CC(C)(C)CC(=O)C32)ccc1O. The van der Waals surface area contributed by atoms with Gasteiger partial charge in [0, 0.05) is 30.2 Å². The number of aliphatic imine (C=N–C) groups is 1. The van der Waals surface area contributed by atoms with E-state index in [0.717, 1.165) is 16.8 Å². The Morgan fingerprint density at radius 2 is 1.86 bits per heavy atom. The van der Waals surface area contributed by atoms with Gasteiger partial charge in [0.05, 0.1) is 24.7 Å². The van der Waals surface area contributed by atoms with Crippen molar-refractivity contribution in [2.45, 2.75) is 52.9 Å². The molecule has 0 bridgehead atoms. The summed E-state index contributed by atoms with van der Waals surface area (Å²) in [5.41, 5.74) is 3.40. The second kappa shape index (κ2) is 10.1. The second-order valence-corrected chi connectivity index (χ2v) is 10.1. The Kier molecular flexibility index (Phi) is 7.10. The first-order valence-electron chi connectivity index (χ1n) is 12.2. The summed E-state index contributed by atoms with van der Waals surface area (Å²) in [6.45, 7) is 8.39. The van der Waals surface area contributed by atoms with Crippen molar-refractivity contribution >= 4 is 17.5 Å². The number of nitrogens with zero attached hydrogens (tertiary/aromatic N) is 1. The van der Waals surface area contributed by atoms with E-state index in [4.69, 9.17) is 14.5 Å². The van der Waals surface area contributed by atoms with Crippen molar-refractivity contribution in [1.29, 1.82) is 0 Å². The number of Topliss-reactive ketones (excluding diaryl/α,β-unsaturated/α-hetero) is 1. The smallest absolute Gasteiger partial charge is 0.336 e. The second-order valence-electron chi connectivity index (χ2n) is 10.1. The van der Waals surface area contributed by atoms with Crippen LogP contribution in [0.2, 0.25) is 0 Å². The lowest BCUT2D eigenvalue weighted by molar-refractivity contribution is -0.139. The van der Waals surface area contributed by atoms with Crippen LogP contribution in [0.15, 0.2) is 64.8 Å². The summed E-state index contributed by atoms with van der Waals surface area (Å²) < 4.78 is 11.3. The van der Waals surface area contributed by atoms with Gasteiger partial charge in [-0.1, -0.05) is 50.2 Å². The number of fused-ring (bicyclic) bond motifs is 1. The van der Waals surface area contributed by atoms with E-state index in [1.165, 1.54) is 0 Å². The van der Waals surface area contributed by atoms with Crippen LogP contribution in [0.25, 0.3) is 0 Å². The number of phenols is 1. The van der Waals surface area contributed by atoms with Gasteiger partial charge in [-0.05, 0) is 48.9 Å². The predicted octanol–water partition coefficient (Wildman–Crippen LogP) is 5.39. The van der Waals surface area contributed by atoms with Crippen LogP contribution >= 0.6 is 0 Å². The van der Waals surface area contributed by atoms with Gasteiger partial charge in [0.25, 0.3) is 0 Å². The van der Waals surface area contributed by atoms with E-state index >= 15 is 0 Å². The molecule has 1 heterocycles. The minimum atomic E-state index is -0.546. The molecule has 1 saturated carbocycles. The fraction of sp³-hybridized carbons (Fsp3) is 0.414. The maximum absolute atomic E-state index is 13.4. The summed E-state index contributed by atoms with van der Waals surface area (Å²) in [4.78, 5) is 31.6. The molecule has 6 heteroatoms. The predicted molar refractivity (Wildman–Crippen MR) is 135 cm³/mol. The number of aromatic hydroxyl groups is 1. The molecule has 0 saturated heterocycles. The van der Waals surface area contributed by atoms with Crippen LogP contribution in [0.1, 0.15) is 57.6 Å². The van der Waals surface area contributed by atoms with Crippen molar-refractivity contribution in [2.24, 2.45) is 16.3 Å². The van der Waals surface area contributed by atoms with Gasteiger partial charge in [-0.2, -0.15) is 0 Å². The number of benzene rings is 2. The summed E-state index contributed by atoms with van der Waals surface area (Å²) in [7, 11) is 0. The van der Waals surface area contributed by atoms with Crippen LogP contribution in [0.3, 0.4) is 0 Å². The van der Waals surface area contributed by atoms with Gasteiger partial charge < -0.3 is 14.6 Å². The average Bonchev–Trinajstić information content (AvgIpc) is 2.79. The normalized spacial score (nSPS) is 21.3. The zero-order chi connectivity index (χ0) is 25.2. The minimum Gasteiger partial charge on any atom is -0.504 e. The number of phenolic OH excluding ortho intramolecular Hbond substituents is 1. The van der Waals surface area contributed by atoms with Gasteiger partial charge in [0.15, 0.2) is 11.5 Å². The first-order chi connectivity index (χ1) is 16.7. The van der Waals surface area contributed by atoms with Gasteiger partial charge in [-0.3, -0.25) is 9.79 Å². The number of ketones is 1. The van der Waals surface area contributed by atoms with E-state index in [1.54, 1.807) is 25.1 Å². The molecule has 0 spiro atoms. The van der Waals surface area contributed by atoms with E-state index in [2.05, 4.69) is 13.8 Å². The number of esters is 1. The molecular formula is C29H33NO5. The summed E-state index contributed by atoms with van der Waals surface area (Å²) in [6.07, 6.45) is 1.70. The Morgan fingerprint density at radius 3 is 2.57 bits per heavy atom. The highest BCUT2D eigenvalue weighted by molar-refractivity contribution is 6.12.